The minimum Gasteiger partial charge on any atom is -0.333 e. The zero-order valence-corrected chi connectivity index (χ0v) is 28.9. The van der Waals surface area contributed by atoms with Crippen LogP contribution in [0.5, 0.6) is 0 Å². The van der Waals surface area contributed by atoms with Crippen LogP contribution in [-0.2, 0) is 5.41 Å². The molecule has 0 saturated carbocycles. The highest BCUT2D eigenvalue weighted by Crippen LogP contribution is 2.51. The summed E-state index contributed by atoms with van der Waals surface area (Å²) >= 11 is 0. The predicted octanol–water partition coefficient (Wildman–Crippen LogP) is 12.8. The standard InChI is InChI=1S/C49H38N2/c1-49(2)45-18-10-8-16-41(45)42-28-23-36(31-46(42)49)34-20-24-38(25-21-34)50(39-26-22-33-12-6-7-13-35(33)30-39)40-27-29-48-44(32-40)43-17-9-11-19-47(43)51(48)37-14-4-3-5-15-37/h3-28,30-32,48H,29H2,1-2H3. The third-order valence-corrected chi connectivity index (χ3v) is 11.3. The third kappa shape index (κ3) is 4.71. The smallest absolute Gasteiger partial charge is 0.0634 e. The van der Waals surface area contributed by atoms with Gasteiger partial charge in [-0.3, -0.25) is 0 Å². The maximum atomic E-state index is 2.51. The second-order valence-electron chi connectivity index (χ2n) is 14.5. The first-order valence-corrected chi connectivity index (χ1v) is 18.0. The lowest BCUT2D eigenvalue weighted by atomic mass is 9.81. The van der Waals surface area contributed by atoms with E-state index >= 15 is 0 Å². The second kappa shape index (κ2) is 11.5. The summed E-state index contributed by atoms with van der Waals surface area (Å²) in [5.41, 5.74) is 16.7. The van der Waals surface area contributed by atoms with E-state index in [9.17, 15) is 0 Å². The maximum absolute atomic E-state index is 2.51. The Labute approximate surface area is 300 Å². The van der Waals surface area contributed by atoms with Gasteiger partial charge in [0.05, 0.1) is 6.04 Å². The van der Waals surface area contributed by atoms with Gasteiger partial charge in [-0.15, -0.1) is 0 Å². The predicted molar refractivity (Wildman–Crippen MR) is 215 cm³/mol. The van der Waals surface area contributed by atoms with Crippen molar-refractivity contribution >= 4 is 39.1 Å². The summed E-state index contributed by atoms with van der Waals surface area (Å²) in [7, 11) is 0. The number of rotatable bonds is 5. The van der Waals surface area contributed by atoms with Crippen molar-refractivity contribution in [2.75, 3.05) is 9.80 Å². The van der Waals surface area contributed by atoms with Crippen molar-refractivity contribution in [3.05, 3.63) is 198 Å². The molecule has 1 aliphatic heterocycles. The largest absolute Gasteiger partial charge is 0.333 e. The van der Waals surface area contributed by atoms with Gasteiger partial charge in [-0.2, -0.15) is 0 Å². The summed E-state index contributed by atoms with van der Waals surface area (Å²) in [6, 6.07) is 60.5. The monoisotopic (exact) mass is 654 g/mol. The topological polar surface area (TPSA) is 6.48 Å². The fraction of sp³-hybridized carbons (Fsp3) is 0.102. The van der Waals surface area contributed by atoms with E-state index in [0.717, 1.165) is 17.8 Å². The van der Waals surface area contributed by atoms with Crippen LogP contribution in [0, 0.1) is 0 Å². The Morgan fingerprint density at radius 3 is 2.06 bits per heavy atom. The molecular weight excluding hydrogens is 617 g/mol. The Hall–Kier alpha value is -6.12. The Kier molecular flexibility index (Phi) is 6.69. The minimum atomic E-state index is -0.0253. The number of benzene rings is 7. The molecule has 1 heterocycles. The van der Waals surface area contributed by atoms with Crippen LogP contribution < -0.4 is 9.80 Å². The summed E-state index contributed by atoms with van der Waals surface area (Å²) in [5.74, 6) is 0. The molecule has 0 amide bonds. The molecule has 0 saturated heterocycles. The van der Waals surface area contributed by atoms with E-state index in [1.165, 1.54) is 72.4 Å². The fourth-order valence-corrected chi connectivity index (χ4v) is 8.78. The van der Waals surface area contributed by atoms with Crippen LogP contribution in [-0.4, -0.2) is 6.04 Å². The molecule has 244 valence electrons. The summed E-state index contributed by atoms with van der Waals surface area (Å²) in [6.45, 7) is 4.70. The van der Waals surface area contributed by atoms with Gasteiger partial charge in [0.2, 0.25) is 0 Å². The number of anilines is 4. The van der Waals surface area contributed by atoms with Crippen molar-refractivity contribution in [1.82, 2.24) is 0 Å². The average Bonchev–Trinajstić information content (AvgIpc) is 3.63. The van der Waals surface area contributed by atoms with Crippen molar-refractivity contribution in [2.45, 2.75) is 31.7 Å². The SMILES string of the molecule is CC1(C)c2ccccc2-c2ccc(-c3ccc(N(C4=CCC5C(=C4)c4ccccc4N5c4ccccc4)c4ccc5ccccc5c4)cc3)cc21. The number of hydrogen-bond donors (Lipinski definition) is 0. The van der Waals surface area contributed by atoms with E-state index < -0.39 is 0 Å². The van der Waals surface area contributed by atoms with E-state index in [-0.39, 0.29) is 11.5 Å². The minimum absolute atomic E-state index is 0.0253. The molecule has 2 nitrogen and oxygen atoms in total. The van der Waals surface area contributed by atoms with Crippen molar-refractivity contribution in [3.63, 3.8) is 0 Å². The van der Waals surface area contributed by atoms with Crippen molar-refractivity contribution < 1.29 is 0 Å². The van der Waals surface area contributed by atoms with Crippen LogP contribution in [0.1, 0.15) is 37.0 Å². The first-order valence-electron chi connectivity index (χ1n) is 18.0. The molecule has 0 N–H and O–H groups in total. The summed E-state index contributed by atoms with van der Waals surface area (Å²) in [4.78, 5) is 4.95. The van der Waals surface area contributed by atoms with E-state index in [4.69, 9.17) is 0 Å². The van der Waals surface area contributed by atoms with Gasteiger partial charge in [0.15, 0.2) is 0 Å². The molecule has 0 fully saturated rings. The summed E-state index contributed by atoms with van der Waals surface area (Å²) in [5, 5.41) is 2.49. The molecule has 7 aromatic rings. The fourth-order valence-electron chi connectivity index (χ4n) is 8.78. The zero-order valence-electron chi connectivity index (χ0n) is 28.9. The molecule has 0 aromatic heterocycles. The van der Waals surface area contributed by atoms with Crippen LogP contribution in [0.25, 0.3) is 38.6 Å². The number of allylic oxidation sites excluding steroid dienone is 1. The molecule has 2 aliphatic carbocycles. The van der Waals surface area contributed by atoms with Crippen LogP contribution >= 0.6 is 0 Å². The van der Waals surface area contributed by atoms with Crippen molar-refractivity contribution in [1.29, 1.82) is 0 Å². The molecule has 1 atom stereocenters. The number of hydrogen-bond acceptors (Lipinski definition) is 2. The van der Waals surface area contributed by atoms with Crippen LogP contribution in [0.15, 0.2) is 182 Å². The van der Waals surface area contributed by atoms with Gasteiger partial charge >= 0.3 is 0 Å². The van der Waals surface area contributed by atoms with E-state index in [2.05, 4.69) is 200 Å². The van der Waals surface area contributed by atoms with Gasteiger partial charge < -0.3 is 9.80 Å². The molecule has 0 bridgehead atoms. The molecule has 2 heteroatoms. The molecule has 0 spiro atoms. The number of nitrogens with zero attached hydrogens (tertiary/aromatic N) is 2. The summed E-state index contributed by atoms with van der Waals surface area (Å²) in [6.07, 6.45) is 5.78. The van der Waals surface area contributed by atoms with Crippen molar-refractivity contribution in [3.8, 4) is 22.3 Å². The van der Waals surface area contributed by atoms with Crippen LogP contribution in [0.4, 0.5) is 22.7 Å². The van der Waals surface area contributed by atoms with Crippen molar-refractivity contribution in [2.24, 2.45) is 0 Å². The van der Waals surface area contributed by atoms with Gasteiger partial charge in [-0.05, 0) is 111 Å². The Balaban J connectivity index is 1.06. The third-order valence-electron chi connectivity index (χ3n) is 11.3. The lowest BCUT2D eigenvalue weighted by Gasteiger charge is -2.33. The molecule has 7 aromatic carbocycles. The number of para-hydroxylation sites is 2. The molecule has 0 radical (unpaired) electrons. The van der Waals surface area contributed by atoms with Gasteiger partial charge in [0, 0.05) is 39.4 Å². The first kappa shape index (κ1) is 29.8. The Bertz CT molecular complexity index is 2540. The highest BCUT2D eigenvalue weighted by atomic mass is 15.2. The molecule has 10 rings (SSSR count). The van der Waals surface area contributed by atoms with Crippen LogP contribution in [0.2, 0.25) is 0 Å². The lowest BCUT2D eigenvalue weighted by Crippen LogP contribution is -2.29. The average molecular weight is 655 g/mol. The quantitative estimate of drug-likeness (QED) is 0.182. The van der Waals surface area contributed by atoms with Crippen LogP contribution in [0.3, 0.4) is 0 Å². The van der Waals surface area contributed by atoms with Gasteiger partial charge in [0.1, 0.15) is 0 Å². The van der Waals surface area contributed by atoms with E-state index in [1.807, 2.05) is 0 Å². The highest BCUT2D eigenvalue weighted by Gasteiger charge is 2.37. The maximum Gasteiger partial charge on any atom is 0.0634 e. The van der Waals surface area contributed by atoms with E-state index in [1.54, 1.807) is 0 Å². The normalized spacial score (nSPS) is 16.5. The first-order chi connectivity index (χ1) is 25.0. The van der Waals surface area contributed by atoms with Gasteiger partial charge in [0.25, 0.3) is 0 Å². The van der Waals surface area contributed by atoms with Gasteiger partial charge in [-0.1, -0.05) is 135 Å². The Morgan fingerprint density at radius 2 is 1.22 bits per heavy atom. The molecule has 3 aliphatic rings. The zero-order chi connectivity index (χ0) is 34.1. The molecule has 1 unspecified atom stereocenters. The highest BCUT2D eigenvalue weighted by molar-refractivity contribution is 5.95. The molecule has 51 heavy (non-hydrogen) atoms. The van der Waals surface area contributed by atoms with E-state index in [0.29, 0.717) is 0 Å². The van der Waals surface area contributed by atoms with Gasteiger partial charge in [-0.25, -0.2) is 0 Å². The molecular formula is C49H38N2. The lowest BCUT2D eigenvalue weighted by molar-refractivity contribution is 0.660. The number of fused-ring (bicyclic) bond motifs is 7. The summed E-state index contributed by atoms with van der Waals surface area (Å²) < 4.78 is 0. The second-order valence-corrected chi connectivity index (χ2v) is 14.5. The Morgan fingerprint density at radius 1 is 0.549 bits per heavy atom.